The summed E-state index contributed by atoms with van der Waals surface area (Å²) in [6.07, 6.45) is 1.90. The first-order valence-corrected chi connectivity index (χ1v) is 5.72. The van der Waals surface area contributed by atoms with E-state index in [0.29, 0.717) is 13.1 Å². The van der Waals surface area contributed by atoms with E-state index in [9.17, 15) is 5.11 Å². The molecule has 3 nitrogen and oxygen atoms in total. The number of β-amino-alcohol motifs (C(OH)–C–C–N with tert-alkyl or cyclic N) is 1. The topological polar surface area (TPSA) is 36.4 Å². The number of aliphatic hydroxyl groups is 1. The maximum absolute atomic E-state index is 9.67. The zero-order chi connectivity index (χ0) is 12.0. The van der Waals surface area contributed by atoms with Gasteiger partial charge in [0.1, 0.15) is 0 Å². The van der Waals surface area contributed by atoms with Crippen molar-refractivity contribution in [2.24, 2.45) is 0 Å². The van der Waals surface area contributed by atoms with Crippen LogP contribution in [-0.2, 0) is 5.41 Å². The fourth-order valence-electron chi connectivity index (χ4n) is 1.98. The molecule has 0 radical (unpaired) electrons. The van der Waals surface area contributed by atoms with E-state index >= 15 is 0 Å². The summed E-state index contributed by atoms with van der Waals surface area (Å²) in [4.78, 5) is 6.62. The summed E-state index contributed by atoms with van der Waals surface area (Å²) < 4.78 is 0. The second kappa shape index (κ2) is 3.45. The zero-order valence-electron chi connectivity index (χ0n) is 10.5. The molecule has 1 saturated heterocycles. The summed E-state index contributed by atoms with van der Waals surface area (Å²) >= 11 is 0. The summed E-state index contributed by atoms with van der Waals surface area (Å²) in [5.74, 6) is 0. The number of aromatic nitrogens is 1. The van der Waals surface area contributed by atoms with E-state index in [1.807, 2.05) is 13.1 Å². The van der Waals surface area contributed by atoms with Crippen molar-refractivity contribution in [2.75, 3.05) is 18.0 Å². The second-order valence-corrected chi connectivity index (χ2v) is 6.00. The van der Waals surface area contributed by atoms with E-state index in [2.05, 4.69) is 42.8 Å². The molecule has 88 valence electrons. The van der Waals surface area contributed by atoms with Gasteiger partial charge in [-0.25, -0.2) is 0 Å². The third-order valence-electron chi connectivity index (χ3n) is 2.94. The van der Waals surface area contributed by atoms with Gasteiger partial charge in [-0.1, -0.05) is 20.8 Å². The molecule has 2 rings (SSSR count). The number of rotatable bonds is 1. The minimum atomic E-state index is -0.525. The van der Waals surface area contributed by atoms with Crippen LogP contribution in [0.4, 0.5) is 5.69 Å². The molecule has 1 aromatic rings. The first-order chi connectivity index (χ1) is 7.28. The summed E-state index contributed by atoms with van der Waals surface area (Å²) in [6, 6.07) is 4.16. The maximum atomic E-state index is 9.67. The van der Waals surface area contributed by atoms with E-state index in [4.69, 9.17) is 0 Å². The highest BCUT2D eigenvalue weighted by Crippen LogP contribution is 2.28. The van der Waals surface area contributed by atoms with Crippen LogP contribution >= 0.6 is 0 Å². The number of anilines is 1. The Morgan fingerprint density at radius 1 is 1.31 bits per heavy atom. The molecular weight excluding hydrogens is 200 g/mol. The highest BCUT2D eigenvalue weighted by molar-refractivity contribution is 5.49. The lowest BCUT2D eigenvalue weighted by Crippen LogP contribution is -2.60. The van der Waals surface area contributed by atoms with E-state index in [-0.39, 0.29) is 5.41 Å². The maximum Gasteiger partial charge on any atom is 0.0967 e. The van der Waals surface area contributed by atoms with Crippen molar-refractivity contribution in [3.63, 3.8) is 0 Å². The van der Waals surface area contributed by atoms with Crippen LogP contribution in [0.1, 0.15) is 33.4 Å². The smallest absolute Gasteiger partial charge is 0.0967 e. The molecule has 0 saturated carbocycles. The van der Waals surface area contributed by atoms with Gasteiger partial charge in [0.25, 0.3) is 0 Å². The molecular formula is C13H20N2O. The molecule has 0 aliphatic carbocycles. The van der Waals surface area contributed by atoms with Gasteiger partial charge in [0.05, 0.1) is 17.5 Å². The molecule has 1 aromatic heterocycles. The Morgan fingerprint density at radius 3 is 2.31 bits per heavy atom. The Balaban J connectivity index is 2.10. The molecule has 0 unspecified atom stereocenters. The van der Waals surface area contributed by atoms with Crippen LogP contribution in [0.15, 0.2) is 18.3 Å². The fourth-order valence-corrected chi connectivity index (χ4v) is 1.98. The van der Waals surface area contributed by atoms with Crippen LogP contribution in [-0.4, -0.2) is 28.8 Å². The average Bonchev–Trinajstić information content (AvgIpc) is 2.13. The minimum absolute atomic E-state index is 0.0962. The first-order valence-electron chi connectivity index (χ1n) is 5.72. The molecule has 0 amide bonds. The first kappa shape index (κ1) is 11.4. The van der Waals surface area contributed by atoms with Crippen molar-refractivity contribution in [3.05, 3.63) is 24.0 Å². The van der Waals surface area contributed by atoms with Gasteiger partial charge >= 0.3 is 0 Å². The standard InChI is InChI=1S/C13H20N2O/c1-12(2,3)11-6-5-10(7-14-11)15-8-13(4,16)9-15/h5-7,16H,8-9H2,1-4H3. The van der Waals surface area contributed by atoms with Crippen molar-refractivity contribution in [3.8, 4) is 0 Å². The van der Waals surface area contributed by atoms with Crippen LogP contribution < -0.4 is 4.90 Å². The van der Waals surface area contributed by atoms with Gasteiger partial charge in [0.15, 0.2) is 0 Å². The lowest BCUT2D eigenvalue weighted by atomic mass is 9.91. The normalized spacial score (nSPS) is 19.4. The second-order valence-electron chi connectivity index (χ2n) is 6.00. The number of nitrogens with zero attached hydrogens (tertiary/aromatic N) is 2. The third kappa shape index (κ3) is 2.19. The molecule has 16 heavy (non-hydrogen) atoms. The van der Waals surface area contributed by atoms with Crippen LogP contribution in [0.5, 0.6) is 0 Å². The zero-order valence-corrected chi connectivity index (χ0v) is 10.5. The molecule has 2 heterocycles. The Morgan fingerprint density at radius 2 is 1.94 bits per heavy atom. The van der Waals surface area contributed by atoms with Gasteiger partial charge in [-0.15, -0.1) is 0 Å². The monoisotopic (exact) mass is 220 g/mol. The molecule has 1 aliphatic rings. The van der Waals surface area contributed by atoms with Gasteiger partial charge in [0, 0.05) is 24.2 Å². The summed E-state index contributed by atoms with van der Waals surface area (Å²) in [5, 5.41) is 9.67. The van der Waals surface area contributed by atoms with Gasteiger partial charge in [-0.2, -0.15) is 0 Å². The molecule has 1 fully saturated rings. The van der Waals surface area contributed by atoms with E-state index in [1.165, 1.54) is 0 Å². The van der Waals surface area contributed by atoms with Crippen molar-refractivity contribution in [1.29, 1.82) is 0 Å². The average molecular weight is 220 g/mol. The fraction of sp³-hybridized carbons (Fsp3) is 0.615. The van der Waals surface area contributed by atoms with E-state index in [0.717, 1.165) is 11.4 Å². The molecule has 3 heteroatoms. The predicted molar refractivity (Wildman–Crippen MR) is 65.8 cm³/mol. The number of hydrogen-bond acceptors (Lipinski definition) is 3. The van der Waals surface area contributed by atoms with Gasteiger partial charge in [-0.3, -0.25) is 4.98 Å². The quantitative estimate of drug-likeness (QED) is 0.786. The van der Waals surface area contributed by atoms with Gasteiger partial charge in [0.2, 0.25) is 0 Å². The van der Waals surface area contributed by atoms with Crippen LogP contribution in [0.3, 0.4) is 0 Å². The Labute approximate surface area is 97.1 Å². The Kier molecular flexibility index (Phi) is 2.46. The molecule has 0 aromatic carbocycles. The SMILES string of the molecule is CC1(O)CN(c2ccc(C(C)(C)C)nc2)C1. The molecule has 1 N–H and O–H groups in total. The molecule has 0 bridgehead atoms. The largest absolute Gasteiger partial charge is 0.386 e. The van der Waals surface area contributed by atoms with Gasteiger partial charge in [-0.05, 0) is 19.1 Å². The number of pyridine rings is 1. The predicted octanol–water partition coefficient (Wildman–Crippen LogP) is 1.95. The summed E-state index contributed by atoms with van der Waals surface area (Å²) in [5.41, 5.74) is 1.77. The van der Waals surface area contributed by atoms with Gasteiger partial charge < -0.3 is 10.0 Å². The Hall–Kier alpha value is -1.09. The molecule has 1 aliphatic heterocycles. The summed E-state index contributed by atoms with van der Waals surface area (Å²) in [7, 11) is 0. The van der Waals surface area contributed by atoms with Crippen molar-refractivity contribution < 1.29 is 5.11 Å². The van der Waals surface area contributed by atoms with Crippen LogP contribution in [0.2, 0.25) is 0 Å². The van der Waals surface area contributed by atoms with E-state index in [1.54, 1.807) is 0 Å². The lowest BCUT2D eigenvalue weighted by molar-refractivity contribution is 0.0310. The van der Waals surface area contributed by atoms with Crippen molar-refractivity contribution in [2.45, 2.75) is 38.7 Å². The van der Waals surface area contributed by atoms with Crippen LogP contribution in [0.25, 0.3) is 0 Å². The minimum Gasteiger partial charge on any atom is -0.386 e. The van der Waals surface area contributed by atoms with Crippen molar-refractivity contribution >= 4 is 5.69 Å². The molecule has 0 spiro atoms. The lowest BCUT2D eigenvalue weighted by Gasteiger charge is -2.45. The highest BCUT2D eigenvalue weighted by Gasteiger charge is 2.36. The summed E-state index contributed by atoms with van der Waals surface area (Å²) in [6.45, 7) is 9.73. The van der Waals surface area contributed by atoms with Crippen LogP contribution in [0, 0.1) is 0 Å². The number of hydrogen-bond donors (Lipinski definition) is 1. The van der Waals surface area contributed by atoms with E-state index < -0.39 is 5.60 Å². The third-order valence-corrected chi connectivity index (χ3v) is 2.94. The highest BCUT2D eigenvalue weighted by atomic mass is 16.3. The van der Waals surface area contributed by atoms with Crippen molar-refractivity contribution in [1.82, 2.24) is 4.98 Å². The molecule has 0 atom stereocenters. The Bertz CT molecular complexity index is 368.